The van der Waals surface area contributed by atoms with Crippen LogP contribution < -0.4 is 0 Å². The predicted molar refractivity (Wildman–Crippen MR) is 108 cm³/mol. The molecule has 0 heteroatoms. The molecule has 0 fully saturated rings. The Bertz CT molecular complexity index is 216. The zero-order valence-electron chi connectivity index (χ0n) is 16.9. The van der Waals surface area contributed by atoms with Gasteiger partial charge >= 0.3 is 0 Å². The number of rotatable bonds is 18. The number of unbranched alkanes of at least 4 members (excludes halogenated alkanes) is 15. The average Bonchev–Trinajstić information content (AvgIpc) is 2.54. The smallest absolute Gasteiger partial charge is 0.0354 e. The van der Waals surface area contributed by atoms with Gasteiger partial charge in [0.15, 0.2) is 0 Å². The van der Waals surface area contributed by atoms with Gasteiger partial charge < -0.3 is 0 Å². The minimum atomic E-state index is 0.468. The van der Waals surface area contributed by atoms with Gasteiger partial charge in [0.1, 0.15) is 0 Å². The molecular formula is C23H47. The second-order valence-corrected chi connectivity index (χ2v) is 8.47. The molecule has 0 unspecified atom stereocenters. The highest BCUT2D eigenvalue weighted by atomic mass is 14.2. The molecule has 0 atom stereocenters. The lowest BCUT2D eigenvalue weighted by Crippen LogP contribution is -2.08. The maximum absolute atomic E-state index is 4.05. The van der Waals surface area contributed by atoms with Crippen molar-refractivity contribution in [3.05, 3.63) is 6.92 Å². The molecule has 0 aliphatic rings. The Balaban J connectivity index is 3.05. The largest absolute Gasteiger partial charge is 0.0654 e. The van der Waals surface area contributed by atoms with Gasteiger partial charge in [-0.25, -0.2) is 0 Å². The Morgan fingerprint density at radius 2 is 0.826 bits per heavy atom. The Morgan fingerprint density at radius 1 is 0.522 bits per heavy atom. The zero-order chi connectivity index (χ0) is 17.2. The van der Waals surface area contributed by atoms with Gasteiger partial charge in [0.25, 0.3) is 0 Å². The molecule has 0 amide bonds. The SMILES string of the molecule is [CH2]CC(C)(C)CCCCCCCCCCCCCCCCCC. The van der Waals surface area contributed by atoms with Gasteiger partial charge in [0.2, 0.25) is 0 Å². The van der Waals surface area contributed by atoms with Crippen LogP contribution in [0.4, 0.5) is 0 Å². The molecule has 0 aromatic carbocycles. The third-order valence-electron chi connectivity index (χ3n) is 5.38. The van der Waals surface area contributed by atoms with E-state index >= 15 is 0 Å². The van der Waals surface area contributed by atoms with Crippen LogP contribution in [0.5, 0.6) is 0 Å². The molecular weight excluding hydrogens is 276 g/mol. The summed E-state index contributed by atoms with van der Waals surface area (Å²) in [5.41, 5.74) is 0.468. The van der Waals surface area contributed by atoms with Gasteiger partial charge in [0, 0.05) is 0 Å². The van der Waals surface area contributed by atoms with E-state index in [4.69, 9.17) is 0 Å². The third kappa shape index (κ3) is 18.2. The van der Waals surface area contributed by atoms with E-state index < -0.39 is 0 Å². The van der Waals surface area contributed by atoms with Gasteiger partial charge in [-0.2, -0.15) is 0 Å². The van der Waals surface area contributed by atoms with Crippen LogP contribution in [0.2, 0.25) is 0 Å². The van der Waals surface area contributed by atoms with Crippen molar-refractivity contribution in [1.29, 1.82) is 0 Å². The Morgan fingerprint density at radius 3 is 1.13 bits per heavy atom. The van der Waals surface area contributed by atoms with E-state index in [9.17, 15) is 0 Å². The summed E-state index contributed by atoms with van der Waals surface area (Å²) < 4.78 is 0. The molecule has 0 aliphatic carbocycles. The lowest BCUT2D eigenvalue weighted by molar-refractivity contribution is 0.321. The molecule has 1 radical (unpaired) electrons. The highest BCUT2D eigenvalue weighted by molar-refractivity contribution is 4.69. The molecule has 0 saturated carbocycles. The van der Waals surface area contributed by atoms with E-state index in [0.717, 1.165) is 6.42 Å². The van der Waals surface area contributed by atoms with Crippen molar-refractivity contribution in [2.75, 3.05) is 0 Å². The molecule has 0 rings (SSSR count). The summed E-state index contributed by atoms with van der Waals surface area (Å²) in [6, 6.07) is 0. The van der Waals surface area contributed by atoms with Crippen molar-refractivity contribution in [2.24, 2.45) is 5.41 Å². The second kappa shape index (κ2) is 16.8. The molecule has 0 spiro atoms. The molecule has 0 aliphatic heterocycles. The number of hydrogen-bond donors (Lipinski definition) is 0. The Kier molecular flexibility index (Phi) is 16.8. The van der Waals surface area contributed by atoms with E-state index in [-0.39, 0.29) is 0 Å². The molecule has 139 valence electrons. The molecule has 0 N–H and O–H groups in total. The van der Waals surface area contributed by atoms with Crippen LogP contribution in [0, 0.1) is 12.3 Å². The summed E-state index contributed by atoms with van der Waals surface area (Å²) in [4.78, 5) is 0. The van der Waals surface area contributed by atoms with Crippen LogP contribution in [0.3, 0.4) is 0 Å². The monoisotopic (exact) mass is 323 g/mol. The second-order valence-electron chi connectivity index (χ2n) is 8.47. The van der Waals surface area contributed by atoms with Crippen LogP contribution in [-0.2, 0) is 0 Å². The highest BCUT2D eigenvalue weighted by Gasteiger charge is 2.13. The third-order valence-corrected chi connectivity index (χ3v) is 5.38. The van der Waals surface area contributed by atoms with Crippen LogP contribution in [-0.4, -0.2) is 0 Å². The average molecular weight is 324 g/mol. The van der Waals surface area contributed by atoms with E-state index in [0.29, 0.717) is 5.41 Å². The summed E-state index contributed by atoms with van der Waals surface area (Å²) in [5.74, 6) is 0. The molecule has 0 heterocycles. The van der Waals surface area contributed by atoms with Crippen molar-refractivity contribution < 1.29 is 0 Å². The lowest BCUT2D eigenvalue weighted by atomic mass is 9.84. The number of hydrogen-bond acceptors (Lipinski definition) is 0. The van der Waals surface area contributed by atoms with E-state index in [1.54, 1.807) is 0 Å². The molecule has 23 heavy (non-hydrogen) atoms. The minimum absolute atomic E-state index is 0.468. The summed E-state index contributed by atoms with van der Waals surface area (Å²) in [7, 11) is 0. The minimum Gasteiger partial charge on any atom is -0.0654 e. The molecule has 0 aromatic rings. The first kappa shape index (κ1) is 23.0. The van der Waals surface area contributed by atoms with E-state index in [1.807, 2.05) is 0 Å². The molecule has 0 nitrogen and oxygen atoms in total. The Hall–Kier alpha value is 0. The van der Waals surface area contributed by atoms with E-state index in [1.165, 1.54) is 109 Å². The normalized spacial score (nSPS) is 12.0. The predicted octanol–water partition coefficient (Wildman–Crippen LogP) is 8.89. The maximum atomic E-state index is 4.05. The van der Waals surface area contributed by atoms with Gasteiger partial charge in [-0.05, 0) is 18.3 Å². The van der Waals surface area contributed by atoms with Crippen molar-refractivity contribution in [1.82, 2.24) is 0 Å². The van der Waals surface area contributed by atoms with Gasteiger partial charge in [0.05, 0.1) is 0 Å². The lowest BCUT2D eigenvalue weighted by Gasteiger charge is -2.21. The fourth-order valence-corrected chi connectivity index (χ4v) is 3.28. The first-order valence-corrected chi connectivity index (χ1v) is 10.9. The van der Waals surface area contributed by atoms with Crippen LogP contribution >= 0.6 is 0 Å². The Labute approximate surface area is 149 Å². The fraction of sp³-hybridized carbons (Fsp3) is 0.957. The van der Waals surface area contributed by atoms with Crippen molar-refractivity contribution >= 4 is 0 Å². The van der Waals surface area contributed by atoms with Crippen molar-refractivity contribution in [2.45, 2.75) is 136 Å². The highest BCUT2D eigenvalue weighted by Crippen LogP contribution is 2.27. The maximum Gasteiger partial charge on any atom is -0.0354 e. The van der Waals surface area contributed by atoms with E-state index in [2.05, 4.69) is 27.7 Å². The quantitative estimate of drug-likeness (QED) is 0.221. The molecule has 0 saturated heterocycles. The zero-order valence-corrected chi connectivity index (χ0v) is 16.9. The first-order valence-electron chi connectivity index (χ1n) is 10.9. The van der Waals surface area contributed by atoms with Crippen LogP contribution in [0.1, 0.15) is 136 Å². The molecule has 0 bridgehead atoms. The van der Waals surface area contributed by atoms with Gasteiger partial charge in [-0.1, -0.05) is 130 Å². The summed E-state index contributed by atoms with van der Waals surface area (Å²) in [6.45, 7) is 11.1. The van der Waals surface area contributed by atoms with Crippen LogP contribution in [0.25, 0.3) is 0 Å². The standard InChI is InChI=1S/C23H47/c1-5-7-8-9-10-11-12-13-14-15-16-17-18-19-20-21-22-23(3,4)6-2/h2,5-22H2,1,3-4H3. The fourth-order valence-electron chi connectivity index (χ4n) is 3.28. The van der Waals surface area contributed by atoms with Crippen molar-refractivity contribution in [3.63, 3.8) is 0 Å². The van der Waals surface area contributed by atoms with Crippen LogP contribution in [0.15, 0.2) is 0 Å². The molecule has 0 aromatic heterocycles. The van der Waals surface area contributed by atoms with Gasteiger partial charge in [-0.3, -0.25) is 0 Å². The van der Waals surface area contributed by atoms with Gasteiger partial charge in [-0.15, -0.1) is 0 Å². The summed E-state index contributed by atoms with van der Waals surface area (Å²) in [6.07, 6.45) is 25.7. The first-order chi connectivity index (χ1) is 11.1. The summed E-state index contributed by atoms with van der Waals surface area (Å²) >= 11 is 0. The topological polar surface area (TPSA) is 0 Å². The van der Waals surface area contributed by atoms with Crippen molar-refractivity contribution in [3.8, 4) is 0 Å². The summed E-state index contributed by atoms with van der Waals surface area (Å²) in [5, 5.41) is 0.